The molecule has 0 spiro atoms. The number of carbonyl (C=O) groups is 1. The molecule has 1 atom stereocenters. The molecule has 0 saturated heterocycles. The molecule has 1 aliphatic rings. The highest BCUT2D eigenvalue weighted by molar-refractivity contribution is 7.09. The summed E-state index contributed by atoms with van der Waals surface area (Å²) in [5.41, 5.74) is 5.98. The highest BCUT2D eigenvalue weighted by atomic mass is 32.1. The standard InChI is InChI=1S/C40H39N3O4S/c1-3-10-29(2)26-45-34-18-15-31(16-19-34)23-43(24-32-17-20-37-38(22-32)47-28-46-37)25-39-41-36(27-48-39)40(44)42-35(33-13-8-5-9-14-33)21-30-11-6-4-7-12-30/h3-20,22,27,35H,1,21,23-26,28H2,2H3,(H,42,44). The van der Waals surface area contributed by atoms with E-state index >= 15 is 0 Å². The smallest absolute Gasteiger partial charge is 0.271 e. The SMILES string of the molecule is C=CC=C(C)COc1ccc(CN(Cc2ccc3c(c2)OCO3)Cc2nc(C(=O)NC(Cc3ccccc3)c3ccccc3)cs2)cc1. The van der Waals surface area contributed by atoms with Gasteiger partial charge >= 0.3 is 0 Å². The number of benzene rings is 4. The summed E-state index contributed by atoms with van der Waals surface area (Å²) in [6.45, 7) is 8.42. The van der Waals surface area contributed by atoms with Crippen LogP contribution < -0.4 is 19.5 Å². The first-order chi connectivity index (χ1) is 23.5. The third-order valence-electron chi connectivity index (χ3n) is 7.97. The molecule has 2 heterocycles. The zero-order chi connectivity index (χ0) is 33.1. The van der Waals surface area contributed by atoms with Crippen molar-refractivity contribution in [3.05, 3.63) is 166 Å². The van der Waals surface area contributed by atoms with Gasteiger partial charge < -0.3 is 19.5 Å². The Kier molecular flexibility index (Phi) is 11.0. The van der Waals surface area contributed by atoms with E-state index in [0.29, 0.717) is 38.4 Å². The summed E-state index contributed by atoms with van der Waals surface area (Å²) >= 11 is 1.50. The first kappa shape index (κ1) is 32.7. The van der Waals surface area contributed by atoms with Gasteiger partial charge in [-0.05, 0) is 65.4 Å². The van der Waals surface area contributed by atoms with Crippen molar-refractivity contribution in [2.75, 3.05) is 13.4 Å². The minimum Gasteiger partial charge on any atom is -0.489 e. The monoisotopic (exact) mass is 657 g/mol. The molecule has 0 fully saturated rings. The Labute approximate surface area is 286 Å². The van der Waals surface area contributed by atoms with Crippen LogP contribution in [0.4, 0.5) is 0 Å². The first-order valence-electron chi connectivity index (χ1n) is 16.0. The molecule has 6 rings (SSSR count). The van der Waals surface area contributed by atoms with Crippen LogP contribution in [0.5, 0.6) is 17.2 Å². The van der Waals surface area contributed by atoms with E-state index in [1.165, 1.54) is 11.3 Å². The zero-order valence-corrected chi connectivity index (χ0v) is 27.8. The Bertz CT molecular complexity index is 1840. The number of hydrogen-bond acceptors (Lipinski definition) is 7. The second-order valence-electron chi connectivity index (χ2n) is 11.8. The largest absolute Gasteiger partial charge is 0.489 e. The van der Waals surface area contributed by atoms with E-state index < -0.39 is 0 Å². The number of allylic oxidation sites excluding steroid dienone is 2. The lowest BCUT2D eigenvalue weighted by Crippen LogP contribution is -2.30. The summed E-state index contributed by atoms with van der Waals surface area (Å²) in [7, 11) is 0. The van der Waals surface area contributed by atoms with E-state index in [4.69, 9.17) is 19.2 Å². The lowest BCUT2D eigenvalue weighted by Gasteiger charge is -2.22. The van der Waals surface area contributed by atoms with Gasteiger partial charge in [-0.1, -0.05) is 97.6 Å². The van der Waals surface area contributed by atoms with Crippen molar-refractivity contribution in [3.8, 4) is 17.2 Å². The van der Waals surface area contributed by atoms with Crippen LogP contribution in [0.2, 0.25) is 0 Å². The van der Waals surface area contributed by atoms with Crippen LogP contribution in [0.15, 0.2) is 133 Å². The number of fused-ring (bicyclic) bond motifs is 1. The van der Waals surface area contributed by atoms with Gasteiger partial charge in [0.25, 0.3) is 5.91 Å². The second kappa shape index (κ2) is 16.1. The molecular weight excluding hydrogens is 619 g/mol. The number of nitrogens with zero attached hydrogens (tertiary/aromatic N) is 2. The Balaban J connectivity index is 1.16. The van der Waals surface area contributed by atoms with Crippen LogP contribution in [0.3, 0.4) is 0 Å². The Morgan fingerprint density at radius 1 is 0.917 bits per heavy atom. The number of rotatable bonds is 15. The lowest BCUT2D eigenvalue weighted by atomic mass is 9.99. The highest BCUT2D eigenvalue weighted by Gasteiger charge is 2.20. The molecule has 0 radical (unpaired) electrons. The predicted octanol–water partition coefficient (Wildman–Crippen LogP) is 8.30. The number of aromatic nitrogens is 1. The maximum Gasteiger partial charge on any atom is 0.271 e. The van der Waals surface area contributed by atoms with Crippen LogP contribution in [0, 0.1) is 0 Å². The van der Waals surface area contributed by atoms with Gasteiger partial charge in [0.05, 0.1) is 12.6 Å². The van der Waals surface area contributed by atoms with Gasteiger partial charge in [0.1, 0.15) is 23.1 Å². The van der Waals surface area contributed by atoms with Gasteiger partial charge in [0, 0.05) is 18.5 Å². The average molecular weight is 658 g/mol. The summed E-state index contributed by atoms with van der Waals surface area (Å²) in [6, 6.07) is 34.3. The maximum atomic E-state index is 13.5. The molecule has 0 aliphatic carbocycles. The molecule has 0 saturated carbocycles. The van der Waals surface area contributed by atoms with Crippen molar-refractivity contribution in [1.82, 2.24) is 15.2 Å². The molecule has 8 heteroatoms. The molecular formula is C40H39N3O4S. The van der Waals surface area contributed by atoms with Crippen molar-refractivity contribution in [2.45, 2.75) is 39.0 Å². The van der Waals surface area contributed by atoms with E-state index in [1.807, 2.05) is 91.2 Å². The van der Waals surface area contributed by atoms with Crippen LogP contribution in [-0.2, 0) is 26.1 Å². The second-order valence-corrected chi connectivity index (χ2v) is 12.7. The summed E-state index contributed by atoms with van der Waals surface area (Å²) in [4.78, 5) is 20.7. The molecule has 1 N–H and O–H groups in total. The normalized spacial score (nSPS) is 12.9. The van der Waals surface area contributed by atoms with E-state index in [2.05, 4.69) is 47.1 Å². The number of ether oxygens (including phenoxy) is 3. The topological polar surface area (TPSA) is 72.9 Å². The Morgan fingerprint density at radius 3 is 2.40 bits per heavy atom. The third-order valence-corrected chi connectivity index (χ3v) is 8.81. The quantitative estimate of drug-likeness (QED) is 0.114. The fourth-order valence-electron chi connectivity index (χ4n) is 5.56. The maximum absolute atomic E-state index is 13.5. The molecule has 1 aliphatic heterocycles. The molecule has 244 valence electrons. The first-order valence-corrected chi connectivity index (χ1v) is 16.9. The number of nitrogens with one attached hydrogen (secondary N) is 1. The molecule has 5 aromatic rings. The summed E-state index contributed by atoms with van der Waals surface area (Å²) < 4.78 is 17.1. The van der Waals surface area contributed by atoms with Crippen LogP contribution in [-0.4, -0.2) is 29.2 Å². The van der Waals surface area contributed by atoms with Crippen molar-refractivity contribution in [2.24, 2.45) is 0 Å². The predicted molar refractivity (Wildman–Crippen MR) is 190 cm³/mol. The summed E-state index contributed by atoms with van der Waals surface area (Å²) in [5, 5.41) is 5.96. The molecule has 7 nitrogen and oxygen atoms in total. The van der Waals surface area contributed by atoms with Crippen LogP contribution in [0.1, 0.15) is 50.7 Å². The van der Waals surface area contributed by atoms with Crippen LogP contribution >= 0.6 is 11.3 Å². The Hall–Kier alpha value is -5.18. The zero-order valence-electron chi connectivity index (χ0n) is 27.0. The minimum absolute atomic E-state index is 0.178. The van der Waals surface area contributed by atoms with Crippen molar-refractivity contribution < 1.29 is 19.0 Å². The number of carbonyl (C=O) groups excluding carboxylic acids is 1. The van der Waals surface area contributed by atoms with Gasteiger partial charge in [0.2, 0.25) is 6.79 Å². The number of amides is 1. The fraction of sp³-hybridized carbons (Fsp3) is 0.200. The number of hydrogen-bond donors (Lipinski definition) is 1. The number of thiazole rings is 1. The van der Waals surface area contributed by atoms with Gasteiger partial charge in [-0.15, -0.1) is 11.3 Å². The van der Waals surface area contributed by atoms with Gasteiger partial charge in [0.15, 0.2) is 11.5 Å². The molecule has 1 aromatic heterocycles. The van der Waals surface area contributed by atoms with E-state index in [1.54, 1.807) is 6.08 Å². The van der Waals surface area contributed by atoms with Gasteiger partial charge in [-0.3, -0.25) is 9.69 Å². The lowest BCUT2D eigenvalue weighted by molar-refractivity contribution is 0.0931. The van der Waals surface area contributed by atoms with Crippen LogP contribution in [0.25, 0.3) is 0 Å². The Morgan fingerprint density at radius 2 is 1.62 bits per heavy atom. The fourth-order valence-corrected chi connectivity index (χ4v) is 6.38. The van der Waals surface area contributed by atoms with E-state index in [9.17, 15) is 4.79 Å². The van der Waals surface area contributed by atoms with Crippen molar-refractivity contribution in [3.63, 3.8) is 0 Å². The summed E-state index contributed by atoms with van der Waals surface area (Å²) in [6.07, 6.45) is 4.40. The van der Waals surface area contributed by atoms with Crippen molar-refractivity contribution >= 4 is 17.2 Å². The summed E-state index contributed by atoms with van der Waals surface area (Å²) in [5.74, 6) is 2.15. The molecule has 1 amide bonds. The van der Waals surface area contributed by atoms with E-state index in [-0.39, 0.29) is 18.7 Å². The van der Waals surface area contributed by atoms with Gasteiger partial charge in [-0.25, -0.2) is 4.98 Å². The van der Waals surface area contributed by atoms with Gasteiger partial charge in [-0.2, -0.15) is 0 Å². The van der Waals surface area contributed by atoms with Crippen molar-refractivity contribution in [1.29, 1.82) is 0 Å². The molecule has 1 unspecified atom stereocenters. The highest BCUT2D eigenvalue weighted by Crippen LogP contribution is 2.33. The minimum atomic E-state index is -0.182. The molecule has 0 bridgehead atoms. The average Bonchev–Trinajstić information content (AvgIpc) is 3.78. The molecule has 4 aromatic carbocycles. The van der Waals surface area contributed by atoms with E-state index in [0.717, 1.165) is 50.1 Å². The third kappa shape index (κ3) is 9.00. The molecule has 48 heavy (non-hydrogen) atoms.